The van der Waals surface area contributed by atoms with Crippen LogP contribution in [0.15, 0.2) is 29.6 Å². The molecular formula is C16H16ClF3N4O3S. The van der Waals surface area contributed by atoms with Crippen molar-refractivity contribution in [1.29, 1.82) is 0 Å². The molecule has 0 spiro atoms. The van der Waals surface area contributed by atoms with E-state index in [1.807, 2.05) is 0 Å². The van der Waals surface area contributed by atoms with Crippen LogP contribution in [0, 0.1) is 0 Å². The molecule has 0 fully saturated rings. The number of thioether (sulfide) groups is 1. The lowest BCUT2D eigenvalue weighted by Gasteiger charge is -2.12. The Balaban J connectivity index is 2.07. The number of imidazole rings is 1. The van der Waals surface area contributed by atoms with Gasteiger partial charge in [0.25, 0.3) is 0 Å². The van der Waals surface area contributed by atoms with E-state index >= 15 is 0 Å². The highest BCUT2D eigenvalue weighted by molar-refractivity contribution is 7.99. The van der Waals surface area contributed by atoms with Gasteiger partial charge in [0.05, 0.1) is 40.5 Å². The Morgan fingerprint density at radius 1 is 1.32 bits per heavy atom. The number of alkyl halides is 3. The van der Waals surface area contributed by atoms with Crippen molar-refractivity contribution in [2.45, 2.75) is 24.5 Å². The van der Waals surface area contributed by atoms with E-state index < -0.39 is 17.6 Å². The Morgan fingerprint density at radius 3 is 2.64 bits per heavy atom. The van der Waals surface area contributed by atoms with E-state index in [1.54, 1.807) is 0 Å². The van der Waals surface area contributed by atoms with Crippen molar-refractivity contribution in [3.63, 3.8) is 0 Å². The number of halogens is 4. The van der Waals surface area contributed by atoms with Gasteiger partial charge in [-0.2, -0.15) is 13.2 Å². The van der Waals surface area contributed by atoms with Crippen LogP contribution in [0.2, 0.25) is 5.02 Å². The number of nitrogens with zero attached hydrogens (tertiary/aromatic N) is 2. The Labute approximate surface area is 167 Å². The Kier molecular flexibility index (Phi) is 7.33. The number of hydrogen-bond donors (Lipinski definition) is 3. The SMILES string of the molecule is CNC(=O)Cn1c(CO)cnc1SCC(=O)Nc1cc(C(F)(F)F)ccc1Cl. The van der Waals surface area contributed by atoms with E-state index in [0.29, 0.717) is 10.9 Å². The molecule has 1 aromatic heterocycles. The average Bonchev–Trinajstić information content (AvgIpc) is 3.02. The zero-order valence-corrected chi connectivity index (χ0v) is 16.1. The van der Waals surface area contributed by atoms with Crippen molar-refractivity contribution in [3.8, 4) is 0 Å². The largest absolute Gasteiger partial charge is 0.416 e. The third kappa shape index (κ3) is 5.63. The number of benzene rings is 1. The molecule has 12 heteroatoms. The number of amides is 2. The molecule has 0 atom stereocenters. The molecule has 0 saturated carbocycles. The topological polar surface area (TPSA) is 96.2 Å². The van der Waals surface area contributed by atoms with Crippen LogP contribution in [-0.2, 0) is 28.9 Å². The lowest BCUT2D eigenvalue weighted by atomic mass is 10.2. The molecule has 7 nitrogen and oxygen atoms in total. The number of carbonyl (C=O) groups is 2. The summed E-state index contributed by atoms with van der Waals surface area (Å²) in [6.07, 6.45) is -3.20. The predicted molar refractivity (Wildman–Crippen MR) is 98.0 cm³/mol. The van der Waals surface area contributed by atoms with Crippen LogP contribution >= 0.6 is 23.4 Å². The smallest absolute Gasteiger partial charge is 0.390 e. The molecule has 0 unspecified atom stereocenters. The second kappa shape index (κ2) is 9.30. The van der Waals surface area contributed by atoms with E-state index in [0.717, 1.165) is 30.0 Å². The fourth-order valence-electron chi connectivity index (χ4n) is 2.14. The minimum Gasteiger partial charge on any atom is -0.390 e. The summed E-state index contributed by atoms with van der Waals surface area (Å²) in [5, 5.41) is 14.4. The Hall–Kier alpha value is -2.24. The summed E-state index contributed by atoms with van der Waals surface area (Å²) in [6.45, 7) is -0.452. The second-order valence-electron chi connectivity index (χ2n) is 5.48. The monoisotopic (exact) mass is 436 g/mol. The Morgan fingerprint density at radius 2 is 2.04 bits per heavy atom. The van der Waals surface area contributed by atoms with Crippen LogP contribution in [0.5, 0.6) is 0 Å². The van der Waals surface area contributed by atoms with E-state index in [1.165, 1.54) is 17.8 Å². The summed E-state index contributed by atoms with van der Waals surface area (Å²) < 4.78 is 39.8. The van der Waals surface area contributed by atoms with Crippen molar-refractivity contribution in [1.82, 2.24) is 14.9 Å². The number of anilines is 1. The zero-order valence-electron chi connectivity index (χ0n) is 14.5. The van der Waals surface area contributed by atoms with Crippen LogP contribution in [0.1, 0.15) is 11.3 Å². The maximum atomic E-state index is 12.8. The maximum Gasteiger partial charge on any atom is 0.416 e. The first-order chi connectivity index (χ1) is 13.2. The highest BCUT2D eigenvalue weighted by Gasteiger charge is 2.31. The van der Waals surface area contributed by atoms with Gasteiger partial charge in [-0.25, -0.2) is 4.98 Å². The van der Waals surface area contributed by atoms with Crippen LogP contribution in [0.25, 0.3) is 0 Å². The number of nitrogens with one attached hydrogen (secondary N) is 2. The summed E-state index contributed by atoms with van der Waals surface area (Å²) in [7, 11) is 1.46. The van der Waals surface area contributed by atoms with E-state index in [9.17, 15) is 27.9 Å². The first-order valence-electron chi connectivity index (χ1n) is 7.81. The highest BCUT2D eigenvalue weighted by Crippen LogP contribution is 2.34. The third-order valence-corrected chi connectivity index (χ3v) is 4.86. The van der Waals surface area contributed by atoms with E-state index in [4.69, 9.17) is 11.6 Å². The van der Waals surface area contributed by atoms with Crippen molar-refractivity contribution < 1.29 is 27.9 Å². The first kappa shape index (κ1) is 22.1. The van der Waals surface area contributed by atoms with Crippen LogP contribution in [0.3, 0.4) is 0 Å². The van der Waals surface area contributed by atoms with Gasteiger partial charge in [0.1, 0.15) is 6.54 Å². The summed E-state index contributed by atoms with van der Waals surface area (Å²) in [5.74, 6) is -1.12. The third-order valence-electron chi connectivity index (χ3n) is 3.54. The molecule has 0 radical (unpaired) electrons. The number of aromatic nitrogens is 2. The minimum atomic E-state index is -4.57. The maximum absolute atomic E-state index is 12.8. The van der Waals surface area contributed by atoms with E-state index in [-0.39, 0.29) is 35.5 Å². The average molecular weight is 437 g/mol. The first-order valence-corrected chi connectivity index (χ1v) is 9.17. The predicted octanol–water partition coefficient (Wildman–Crippen LogP) is 2.52. The van der Waals surface area contributed by atoms with Gasteiger partial charge in [-0.3, -0.25) is 9.59 Å². The molecule has 0 saturated heterocycles. The lowest BCUT2D eigenvalue weighted by Crippen LogP contribution is -2.25. The summed E-state index contributed by atoms with van der Waals surface area (Å²) >= 11 is 6.81. The molecule has 1 aromatic carbocycles. The van der Waals surface area contributed by atoms with Gasteiger partial charge in [0, 0.05) is 7.05 Å². The molecule has 152 valence electrons. The van der Waals surface area contributed by atoms with Gasteiger partial charge in [0.2, 0.25) is 11.8 Å². The Bertz CT molecular complexity index is 873. The number of aliphatic hydroxyl groups is 1. The quantitative estimate of drug-likeness (QED) is 0.580. The fraction of sp³-hybridized carbons (Fsp3) is 0.312. The molecule has 2 rings (SSSR count). The second-order valence-corrected chi connectivity index (χ2v) is 6.83. The number of likely N-dealkylation sites (N-methyl/N-ethyl adjacent to an activating group) is 1. The van der Waals surface area contributed by atoms with Gasteiger partial charge in [-0.1, -0.05) is 23.4 Å². The van der Waals surface area contributed by atoms with Gasteiger partial charge in [-0.05, 0) is 18.2 Å². The fourth-order valence-corrected chi connectivity index (χ4v) is 3.10. The van der Waals surface area contributed by atoms with Crippen LogP contribution in [-0.4, -0.2) is 39.3 Å². The summed E-state index contributed by atoms with van der Waals surface area (Å²) in [4.78, 5) is 27.8. The van der Waals surface area contributed by atoms with Crippen LogP contribution in [0.4, 0.5) is 18.9 Å². The standard InChI is InChI=1S/C16H16ClF3N4O3S/c1-21-13(26)6-24-10(7-25)5-22-15(24)28-8-14(27)23-12-4-9(16(18,19)20)2-3-11(12)17/h2-5,25H,6-8H2,1H3,(H,21,26)(H,23,27). The lowest BCUT2D eigenvalue weighted by molar-refractivity contribution is -0.137. The van der Waals surface area contributed by atoms with Gasteiger partial charge < -0.3 is 20.3 Å². The van der Waals surface area contributed by atoms with Gasteiger partial charge >= 0.3 is 6.18 Å². The molecule has 28 heavy (non-hydrogen) atoms. The molecule has 0 aliphatic carbocycles. The number of hydrogen-bond acceptors (Lipinski definition) is 5. The molecule has 0 bridgehead atoms. The van der Waals surface area contributed by atoms with Gasteiger partial charge in [-0.15, -0.1) is 0 Å². The molecule has 3 N–H and O–H groups in total. The molecule has 0 aliphatic heterocycles. The molecule has 2 aromatic rings. The van der Waals surface area contributed by atoms with Gasteiger partial charge in [0.15, 0.2) is 5.16 Å². The minimum absolute atomic E-state index is 0.0324. The van der Waals surface area contributed by atoms with Crippen LogP contribution < -0.4 is 10.6 Å². The van der Waals surface area contributed by atoms with Crippen molar-refractivity contribution in [3.05, 3.63) is 40.7 Å². The molecule has 1 heterocycles. The van der Waals surface area contributed by atoms with E-state index in [2.05, 4.69) is 15.6 Å². The van der Waals surface area contributed by atoms with Crippen molar-refractivity contribution in [2.24, 2.45) is 0 Å². The molecule has 2 amide bonds. The van der Waals surface area contributed by atoms with Crippen molar-refractivity contribution in [2.75, 3.05) is 18.1 Å². The highest BCUT2D eigenvalue weighted by atomic mass is 35.5. The molecular weight excluding hydrogens is 421 g/mol. The summed E-state index contributed by atoms with van der Waals surface area (Å²) in [5.41, 5.74) is -0.715. The number of rotatable bonds is 7. The zero-order chi connectivity index (χ0) is 20.9. The molecule has 0 aliphatic rings. The number of aliphatic hydroxyl groups excluding tert-OH is 1. The summed E-state index contributed by atoms with van der Waals surface area (Å²) in [6, 6.07) is 2.62. The number of carbonyl (C=O) groups excluding carboxylic acids is 2. The van der Waals surface area contributed by atoms with Crippen molar-refractivity contribution >= 4 is 40.9 Å². The normalized spacial score (nSPS) is 11.4.